The molecule has 0 radical (unpaired) electrons. The Morgan fingerprint density at radius 3 is 3.04 bits per heavy atom. The first-order valence-corrected chi connectivity index (χ1v) is 9.21. The van der Waals surface area contributed by atoms with E-state index in [-0.39, 0.29) is 47.6 Å². The van der Waals surface area contributed by atoms with Crippen LogP contribution in [0.2, 0.25) is 0 Å². The smallest absolute Gasteiger partial charge is 0.229 e. The van der Waals surface area contributed by atoms with Crippen molar-refractivity contribution >= 4 is 28.5 Å². The van der Waals surface area contributed by atoms with Crippen molar-refractivity contribution in [3.8, 4) is 0 Å². The summed E-state index contributed by atoms with van der Waals surface area (Å²) in [6.45, 7) is 4.81. The Balaban J connectivity index is 1.48. The first-order chi connectivity index (χ1) is 12.8. The summed E-state index contributed by atoms with van der Waals surface area (Å²) >= 11 is 0. The fraction of sp³-hybridized carbons (Fsp3) is 0.526. The average Bonchev–Trinajstić information content (AvgIpc) is 3.18. The van der Waals surface area contributed by atoms with Crippen molar-refractivity contribution in [3.05, 3.63) is 24.0 Å². The lowest BCUT2D eigenvalue weighted by atomic mass is 9.93. The summed E-state index contributed by atoms with van der Waals surface area (Å²) in [4.78, 5) is 26.6. The minimum Gasteiger partial charge on any atom is -0.375 e. The predicted octanol–water partition coefficient (Wildman–Crippen LogP) is 2.13. The predicted molar refractivity (Wildman–Crippen MR) is 97.7 cm³/mol. The molecule has 1 aromatic heterocycles. The van der Waals surface area contributed by atoms with Crippen LogP contribution in [-0.4, -0.2) is 46.8 Å². The van der Waals surface area contributed by atoms with E-state index in [1.54, 1.807) is 12.1 Å². The number of carbonyl (C=O) groups excluding carboxylic acids is 2. The molecule has 1 aromatic carbocycles. The van der Waals surface area contributed by atoms with E-state index in [2.05, 4.69) is 15.5 Å². The number of fused-ring (bicyclic) bond motifs is 1. The van der Waals surface area contributed by atoms with Crippen molar-refractivity contribution in [1.82, 2.24) is 15.5 Å². The highest BCUT2D eigenvalue weighted by Crippen LogP contribution is 2.32. The van der Waals surface area contributed by atoms with E-state index >= 15 is 0 Å². The first kappa shape index (κ1) is 17.9. The molecule has 0 saturated carbocycles. The van der Waals surface area contributed by atoms with Crippen LogP contribution >= 0.6 is 0 Å². The largest absolute Gasteiger partial charge is 0.375 e. The van der Waals surface area contributed by atoms with Crippen molar-refractivity contribution in [1.29, 1.82) is 0 Å². The number of hydrogen-bond acceptors (Lipinski definition) is 4. The third-order valence-electron chi connectivity index (χ3n) is 5.31. The number of carbonyl (C=O) groups is 2. The molecule has 2 saturated heterocycles. The van der Waals surface area contributed by atoms with Gasteiger partial charge in [-0.25, -0.2) is 4.39 Å². The lowest BCUT2D eigenvalue weighted by Gasteiger charge is -2.36. The average molecular weight is 374 g/mol. The monoisotopic (exact) mass is 374 g/mol. The third kappa shape index (κ3) is 3.41. The molecule has 7 nitrogen and oxygen atoms in total. The molecule has 2 unspecified atom stereocenters. The minimum absolute atomic E-state index is 0.0362. The summed E-state index contributed by atoms with van der Waals surface area (Å²) < 4.78 is 19.9. The fourth-order valence-electron chi connectivity index (χ4n) is 3.97. The summed E-state index contributed by atoms with van der Waals surface area (Å²) in [6.07, 6.45) is 1.59. The zero-order valence-corrected chi connectivity index (χ0v) is 15.4. The van der Waals surface area contributed by atoms with Crippen LogP contribution in [0, 0.1) is 11.7 Å². The molecule has 0 aliphatic carbocycles. The quantitative estimate of drug-likeness (QED) is 0.862. The van der Waals surface area contributed by atoms with Crippen LogP contribution in [0.4, 0.5) is 10.2 Å². The van der Waals surface area contributed by atoms with Gasteiger partial charge in [-0.2, -0.15) is 5.10 Å². The van der Waals surface area contributed by atoms with Crippen LogP contribution in [-0.2, 0) is 14.3 Å². The van der Waals surface area contributed by atoms with E-state index in [1.165, 1.54) is 11.0 Å². The van der Waals surface area contributed by atoms with Gasteiger partial charge in [0.1, 0.15) is 5.82 Å². The molecular weight excluding hydrogens is 351 g/mol. The van der Waals surface area contributed by atoms with Gasteiger partial charge in [0, 0.05) is 25.6 Å². The lowest BCUT2D eigenvalue weighted by Crippen LogP contribution is -2.47. The Bertz CT molecular complexity index is 894. The Morgan fingerprint density at radius 1 is 1.44 bits per heavy atom. The molecule has 2 amide bonds. The molecule has 2 aromatic rings. The molecule has 0 bridgehead atoms. The summed E-state index contributed by atoms with van der Waals surface area (Å²) in [5.74, 6) is -1.04. The molecule has 2 N–H and O–H groups in total. The third-order valence-corrected chi connectivity index (χ3v) is 5.31. The summed E-state index contributed by atoms with van der Waals surface area (Å²) in [7, 11) is 0. The van der Waals surface area contributed by atoms with E-state index in [4.69, 9.17) is 4.74 Å². The first-order valence-electron chi connectivity index (χ1n) is 9.21. The number of anilines is 1. The van der Waals surface area contributed by atoms with Crippen LogP contribution in [0.15, 0.2) is 18.2 Å². The Kier molecular flexibility index (Phi) is 4.38. The highest BCUT2D eigenvalue weighted by Gasteiger charge is 2.39. The number of amides is 2. The number of rotatable bonds is 3. The number of nitrogens with one attached hydrogen (secondary N) is 2. The number of H-pyrrole nitrogens is 1. The van der Waals surface area contributed by atoms with Gasteiger partial charge in [0.05, 0.1) is 22.4 Å². The van der Waals surface area contributed by atoms with E-state index in [1.807, 2.05) is 13.8 Å². The number of aromatic nitrogens is 2. The SMILES string of the molecule is CC1(C)CC(NC(=O)C2CC(=O)N(c3n[nH]c4cccc(F)c34)C2)CCO1. The number of aromatic amines is 1. The van der Waals surface area contributed by atoms with Gasteiger partial charge in [-0.15, -0.1) is 0 Å². The Labute approximate surface area is 156 Å². The van der Waals surface area contributed by atoms with Crippen LogP contribution in [0.3, 0.4) is 0 Å². The molecule has 2 atom stereocenters. The molecule has 2 fully saturated rings. The van der Waals surface area contributed by atoms with Crippen molar-refractivity contribution in [2.24, 2.45) is 5.92 Å². The van der Waals surface area contributed by atoms with E-state index in [9.17, 15) is 14.0 Å². The standard InChI is InChI=1S/C19H23FN4O3/c1-19(2)9-12(6-7-27-19)21-18(26)11-8-15(25)24(10-11)17-16-13(20)4-3-5-14(16)22-23-17/h3-5,11-12H,6-10H2,1-2H3,(H,21,26)(H,22,23). The number of halogens is 1. The van der Waals surface area contributed by atoms with Gasteiger partial charge in [-0.3, -0.25) is 19.6 Å². The highest BCUT2D eigenvalue weighted by molar-refractivity contribution is 6.05. The fourth-order valence-corrected chi connectivity index (χ4v) is 3.97. The second-order valence-corrected chi connectivity index (χ2v) is 7.92. The molecule has 27 heavy (non-hydrogen) atoms. The van der Waals surface area contributed by atoms with Gasteiger partial charge in [0.15, 0.2) is 5.82 Å². The molecule has 8 heteroatoms. The van der Waals surface area contributed by atoms with Gasteiger partial charge < -0.3 is 10.1 Å². The van der Waals surface area contributed by atoms with Gasteiger partial charge in [0.2, 0.25) is 11.8 Å². The summed E-state index contributed by atoms with van der Waals surface area (Å²) in [5, 5.41) is 10.2. The van der Waals surface area contributed by atoms with Crippen LogP contribution in [0.1, 0.15) is 33.1 Å². The van der Waals surface area contributed by atoms with E-state index in [0.717, 1.165) is 12.8 Å². The molecular formula is C19H23FN4O3. The Morgan fingerprint density at radius 2 is 2.26 bits per heavy atom. The van der Waals surface area contributed by atoms with E-state index < -0.39 is 11.7 Å². The molecule has 2 aliphatic rings. The molecule has 0 spiro atoms. The van der Waals surface area contributed by atoms with Crippen molar-refractivity contribution in [2.45, 2.75) is 44.8 Å². The maximum atomic E-state index is 14.2. The van der Waals surface area contributed by atoms with Gasteiger partial charge in [-0.05, 0) is 38.8 Å². The zero-order chi connectivity index (χ0) is 19.2. The maximum Gasteiger partial charge on any atom is 0.229 e. The van der Waals surface area contributed by atoms with Crippen LogP contribution in [0.5, 0.6) is 0 Å². The van der Waals surface area contributed by atoms with Gasteiger partial charge in [-0.1, -0.05) is 6.07 Å². The van der Waals surface area contributed by atoms with Crippen molar-refractivity contribution in [2.75, 3.05) is 18.1 Å². The normalized spacial score (nSPS) is 25.1. The minimum atomic E-state index is -0.470. The van der Waals surface area contributed by atoms with Crippen molar-refractivity contribution < 1.29 is 18.7 Å². The number of hydrogen-bond donors (Lipinski definition) is 2. The van der Waals surface area contributed by atoms with Crippen LogP contribution < -0.4 is 10.2 Å². The molecule has 3 heterocycles. The Hall–Kier alpha value is -2.48. The number of nitrogens with zero attached hydrogens (tertiary/aromatic N) is 2. The van der Waals surface area contributed by atoms with Gasteiger partial charge in [0.25, 0.3) is 0 Å². The topological polar surface area (TPSA) is 87.3 Å². The lowest BCUT2D eigenvalue weighted by molar-refractivity contribution is -0.128. The summed E-state index contributed by atoms with van der Waals surface area (Å²) in [5.41, 5.74) is 0.259. The molecule has 4 rings (SSSR count). The van der Waals surface area contributed by atoms with E-state index in [0.29, 0.717) is 12.1 Å². The maximum absolute atomic E-state index is 14.2. The van der Waals surface area contributed by atoms with Gasteiger partial charge >= 0.3 is 0 Å². The highest BCUT2D eigenvalue weighted by atomic mass is 19.1. The summed E-state index contributed by atoms with van der Waals surface area (Å²) in [6, 6.07) is 4.65. The molecule has 144 valence electrons. The second kappa shape index (κ2) is 6.60. The number of benzene rings is 1. The van der Waals surface area contributed by atoms with Crippen molar-refractivity contribution in [3.63, 3.8) is 0 Å². The number of ether oxygens (including phenoxy) is 1. The van der Waals surface area contributed by atoms with Crippen LogP contribution in [0.25, 0.3) is 10.9 Å². The second-order valence-electron chi connectivity index (χ2n) is 7.92. The zero-order valence-electron chi connectivity index (χ0n) is 15.4. The molecule has 2 aliphatic heterocycles.